The number of amides is 1. The molecule has 5 heteroatoms. The van der Waals surface area contributed by atoms with Crippen molar-refractivity contribution < 1.29 is 9.53 Å². The molecule has 23 heavy (non-hydrogen) atoms. The molecule has 0 spiro atoms. The molecule has 2 heterocycles. The van der Waals surface area contributed by atoms with E-state index in [9.17, 15) is 4.79 Å². The number of ether oxygens (including phenoxy) is 1. The highest BCUT2D eigenvalue weighted by molar-refractivity contribution is 7.09. The summed E-state index contributed by atoms with van der Waals surface area (Å²) in [7, 11) is 1.90. The molecule has 0 N–H and O–H groups in total. The van der Waals surface area contributed by atoms with Gasteiger partial charge in [0, 0.05) is 30.8 Å². The van der Waals surface area contributed by atoms with E-state index in [4.69, 9.17) is 4.74 Å². The molecule has 1 aromatic heterocycles. The summed E-state index contributed by atoms with van der Waals surface area (Å²) in [6.07, 6.45) is 2.41. The Kier molecular flexibility index (Phi) is 4.96. The first kappa shape index (κ1) is 16.0. The molecule has 0 radical (unpaired) electrons. The first-order valence-electron chi connectivity index (χ1n) is 8.00. The number of carbonyl (C=O) groups excluding carboxylic acids is 1. The molecule has 0 saturated carbocycles. The quantitative estimate of drug-likeness (QED) is 0.865. The molecule has 0 fully saturated rings. The van der Waals surface area contributed by atoms with Crippen molar-refractivity contribution >= 4 is 17.2 Å². The smallest absolute Gasteiger partial charge is 0.225 e. The lowest BCUT2D eigenvalue weighted by atomic mass is 9.95. The van der Waals surface area contributed by atoms with Crippen LogP contribution in [-0.4, -0.2) is 36.0 Å². The fourth-order valence-corrected chi connectivity index (χ4v) is 3.73. The highest BCUT2D eigenvalue weighted by Crippen LogP contribution is 2.27. The van der Waals surface area contributed by atoms with Gasteiger partial charge in [-0.15, -0.1) is 11.3 Å². The second-order valence-corrected chi connectivity index (χ2v) is 6.96. The van der Waals surface area contributed by atoms with Crippen LogP contribution in [0.15, 0.2) is 29.8 Å². The fourth-order valence-electron chi connectivity index (χ4n) is 2.96. The summed E-state index contributed by atoms with van der Waals surface area (Å²) in [5, 5.41) is 0. The number of aromatic nitrogens is 1. The van der Waals surface area contributed by atoms with Gasteiger partial charge in [0.15, 0.2) is 0 Å². The van der Waals surface area contributed by atoms with Crippen LogP contribution in [0.4, 0.5) is 0 Å². The third-order valence-corrected chi connectivity index (χ3v) is 5.40. The van der Waals surface area contributed by atoms with Crippen LogP contribution in [0.2, 0.25) is 0 Å². The van der Waals surface area contributed by atoms with Gasteiger partial charge in [0.1, 0.15) is 5.75 Å². The predicted octanol–water partition coefficient (Wildman–Crippen LogP) is 3.09. The van der Waals surface area contributed by atoms with Crippen molar-refractivity contribution in [3.05, 3.63) is 45.9 Å². The number of thiazole rings is 1. The van der Waals surface area contributed by atoms with Crippen LogP contribution < -0.4 is 4.74 Å². The molecule has 0 bridgehead atoms. The SMILES string of the molecule is Cc1ncsc1CCN(C)C(=O)[C@@H]1CCOc2ccccc2C1. The summed E-state index contributed by atoms with van der Waals surface area (Å²) in [6.45, 7) is 3.36. The maximum Gasteiger partial charge on any atom is 0.225 e. The van der Waals surface area contributed by atoms with Gasteiger partial charge in [-0.2, -0.15) is 0 Å². The molecule has 1 aromatic carbocycles. The van der Waals surface area contributed by atoms with Crippen molar-refractivity contribution in [2.75, 3.05) is 20.2 Å². The number of hydrogen-bond acceptors (Lipinski definition) is 4. The van der Waals surface area contributed by atoms with Crippen LogP contribution in [0.5, 0.6) is 5.75 Å². The number of benzene rings is 1. The average molecular weight is 330 g/mol. The van der Waals surface area contributed by atoms with Crippen molar-refractivity contribution in [1.82, 2.24) is 9.88 Å². The van der Waals surface area contributed by atoms with Crippen LogP contribution in [-0.2, 0) is 17.6 Å². The first-order valence-corrected chi connectivity index (χ1v) is 8.87. The van der Waals surface area contributed by atoms with E-state index in [-0.39, 0.29) is 11.8 Å². The molecule has 0 aliphatic carbocycles. The Morgan fingerprint density at radius 2 is 2.26 bits per heavy atom. The third-order valence-electron chi connectivity index (χ3n) is 4.41. The van der Waals surface area contributed by atoms with Crippen molar-refractivity contribution in [1.29, 1.82) is 0 Å². The van der Waals surface area contributed by atoms with Crippen molar-refractivity contribution in [2.24, 2.45) is 5.92 Å². The number of fused-ring (bicyclic) bond motifs is 1. The van der Waals surface area contributed by atoms with E-state index in [0.717, 1.165) is 42.8 Å². The van der Waals surface area contributed by atoms with Gasteiger partial charge in [-0.3, -0.25) is 4.79 Å². The van der Waals surface area contributed by atoms with Gasteiger partial charge in [-0.1, -0.05) is 18.2 Å². The lowest BCUT2D eigenvalue weighted by molar-refractivity contribution is -0.134. The highest BCUT2D eigenvalue weighted by Gasteiger charge is 2.26. The summed E-state index contributed by atoms with van der Waals surface area (Å²) in [4.78, 5) is 20.2. The number of rotatable bonds is 4. The molecule has 2 aromatic rings. The Bertz CT molecular complexity index is 683. The minimum Gasteiger partial charge on any atom is -0.493 e. The Labute approximate surface area is 141 Å². The van der Waals surface area contributed by atoms with Crippen molar-refractivity contribution in [3.63, 3.8) is 0 Å². The molecule has 122 valence electrons. The van der Waals surface area contributed by atoms with Gasteiger partial charge >= 0.3 is 0 Å². The molecule has 1 amide bonds. The number of likely N-dealkylation sites (N-methyl/N-ethyl adjacent to an activating group) is 1. The molecule has 0 unspecified atom stereocenters. The molecular formula is C18H22N2O2S. The summed E-state index contributed by atoms with van der Waals surface area (Å²) in [5.74, 6) is 1.14. The van der Waals surface area contributed by atoms with Crippen molar-refractivity contribution in [2.45, 2.75) is 26.2 Å². The zero-order valence-electron chi connectivity index (χ0n) is 13.6. The minimum atomic E-state index is 0.00575. The Morgan fingerprint density at radius 1 is 1.43 bits per heavy atom. The second-order valence-electron chi connectivity index (χ2n) is 6.02. The van der Waals surface area contributed by atoms with Gasteiger partial charge in [-0.25, -0.2) is 4.98 Å². The topological polar surface area (TPSA) is 42.4 Å². The van der Waals surface area contributed by atoms with Crippen LogP contribution >= 0.6 is 11.3 Å². The molecule has 1 aliphatic rings. The summed E-state index contributed by atoms with van der Waals surface area (Å²) in [5.41, 5.74) is 4.08. The normalized spacial score (nSPS) is 17.0. The summed E-state index contributed by atoms with van der Waals surface area (Å²) in [6, 6.07) is 8.02. The third kappa shape index (κ3) is 3.72. The Balaban J connectivity index is 1.62. The van der Waals surface area contributed by atoms with Crippen LogP contribution in [0.3, 0.4) is 0 Å². The Hall–Kier alpha value is -1.88. The maximum atomic E-state index is 12.8. The molecule has 3 rings (SSSR count). The van der Waals surface area contributed by atoms with Gasteiger partial charge < -0.3 is 9.64 Å². The first-order chi connectivity index (χ1) is 11.1. The molecular weight excluding hydrogens is 308 g/mol. The average Bonchev–Trinajstić information content (AvgIpc) is 2.84. The molecule has 1 aliphatic heterocycles. The maximum absolute atomic E-state index is 12.8. The molecule has 0 saturated heterocycles. The summed E-state index contributed by atoms with van der Waals surface area (Å²) >= 11 is 1.66. The number of nitrogens with zero attached hydrogens (tertiary/aromatic N) is 2. The standard InChI is InChI=1S/C18H22N2O2S/c1-13-17(23-12-19-13)7-9-20(2)18(21)15-8-10-22-16-6-4-3-5-14(16)11-15/h3-6,12,15H,7-11H2,1-2H3/t15-/m1/s1. The second kappa shape index (κ2) is 7.13. The number of hydrogen-bond donors (Lipinski definition) is 0. The monoisotopic (exact) mass is 330 g/mol. The van der Waals surface area contributed by atoms with Crippen LogP contribution in [0.25, 0.3) is 0 Å². The zero-order chi connectivity index (χ0) is 16.2. The van der Waals surface area contributed by atoms with E-state index in [0.29, 0.717) is 6.61 Å². The van der Waals surface area contributed by atoms with E-state index in [1.54, 1.807) is 11.3 Å². The van der Waals surface area contributed by atoms with Crippen molar-refractivity contribution in [3.8, 4) is 5.75 Å². The lowest BCUT2D eigenvalue weighted by Crippen LogP contribution is -2.35. The molecule has 4 nitrogen and oxygen atoms in total. The molecule has 1 atom stereocenters. The number of aryl methyl sites for hydroxylation is 1. The minimum absolute atomic E-state index is 0.00575. The van der Waals surface area contributed by atoms with E-state index in [1.165, 1.54) is 4.88 Å². The van der Waals surface area contributed by atoms with Gasteiger partial charge in [0.2, 0.25) is 5.91 Å². The van der Waals surface area contributed by atoms with Gasteiger partial charge in [0.25, 0.3) is 0 Å². The highest BCUT2D eigenvalue weighted by atomic mass is 32.1. The lowest BCUT2D eigenvalue weighted by Gasteiger charge is -2.22. The largest absolute Gasteiger partial charge is 0.493 e. The van der Waals surface area contributed by atoms with Gasteiger partial charge in [-0.05, 0) is 31.4 Å². The predicted molar refractivity (Wildman–Crippen MR) is 91.9 cm³/mol. The number of carbonyl (C=O) groups is 1. The van der Waals surface area contributed by atoms with Gasteiger partial charge in [0.05, 0.1) is 17.8 Å². The number of para-hydroxylation sites is 1. The zero-order valence-corrected chi connectivity index (χ0v) is 14.4. The van der Waals surface area contributed by atoms with E-state index in [2.05, 4.69) is 11.1 Å². The van der Waals surface area contributed by atoms with E-state index in [1.807, 2.05) is 42.6 Å². The van der Waals surface area contributed by atoms with E-state index < -0.39 is 0 Å². The Morgan fingerprint density at radius 3 is 3.04 bits per heavy atom. The fraction of sp³-hybridized carbons (Fsp3) is 0.444. The summed E-state index contributed by atoms with van der Waals surface area (Å²) < 4.78 is 5.77. The van der Waals surface area contributed by atoms with Crippen LogP contribution in [0, 0.1) is 12.8 Å². The van der Waals surface area contributed by atoms with E-state index >= 15 is 0 Å². The van der Waals surface area contributed by atoms with Crippen LogP contribution in [0.1, 0.15) is 22.6 Å².